The van der Waals surface area contributed by atoms with Crippen molar-refractivity contribution in [1.29, 1.82) is 0 Å². The average molecular weight is 443 g/mol. The number of nitrogens with one attached hydrogen (secondary N) is 1. The van der Waals surface area contributed by atoms with Gasteiger partial charge in [-0.3, -0.25) is 0 Å². The maximum Gasteiger partial charge on any atom is 0.191 e. The van der Waals surface area contributed by atoms with E-state index in [1.807, 2.05) is 18.2 Å². The van der Waals surface area contributed by atoms with Crippen molar-refractivity contribution in [3.05, 3.63) is 35.9 Å². The van der Waals surface area contributed by atoms with Crippen LogP contribution in [-0.4, -0.2) is 69.9 Å². The van der Waals surface area contributed by atoms with Crippen molar-refractivity contribution in [3.8, 4) is 0 Å². The van der Waals surface area contributed by atoms with Crippen LogP contribution in [0.15, 0.2) is 35.5 Å². The van der Waals surface area contributed by atoms with E-state index in [1.165, 1.54) is 22.0 Å². The standard InChI is InChI=1S/C21H26N6O3S/c1-10(2)31-21-23-19(22-13-8-12(13)11-6-4-3-5-7-11)16-20(24-21)27(26-25-16)14-9-15(28)18(30)17(14)29/h3-7,10,12-15,17-18,28-30H,8-9H2,1-2H3,(H,22,23,24)/t12?,13?,14-,15+,17+,18-/m0/s1. The normalized spacial score (nSPS) is 30.3. The third kappa shape index (κ3) is 3.89. The highest BCUT2D eigenvalue weighted by Crippen LogP contribution is 2.43. The average Bonchev–Trinajstić information content (AvgIpc) is 3.31. The second kappa shape index (κ2) is 8.01. The first kappa shape index (κ1) is 20.6. The quantitative estimate of drug-likeness (QED) is 0.333. The molecule has 2 aromatic heterocycles. The first-order valence-electron chi connectivity index (χ1n) is 10.6. The lowest BCUT2D eigenvalue weighted by Gasteiger charge is -2.16. The molecule has 0 aliphatic heterocycles. The van der Waals surface area contributed by atoms with Crippen LogP contribution in [0.5, 0.6) is 0 Å². The van der Waals surface area contributed by atoms with Gasteiger partial charge in [0.15, 0.2) is 22.1 Å². The summed E-state index contributed by atoms with van der Waals surface area (Å²) in [5.74, 6) is 1.04. The molecule has 6 atom stereocenters. The van der Waals surface area contributed by atoms with Crippen molar-refractivity contribution in [1.82, 2.24) is 25.0 Å². The molecule has 3 aromatic rings. The maximum atomic E-state index is 10.4. The monoisotopic (exact) mass is 442 g/mol. The van der Waals surface area contributed by atoms with Gasteiger partial charge in [0.1, 0.15) is 12.2 Å². The van der Waals surface area contributed by atoms with Gasteiger partial charge in [0, 0.05) is 23.6 Å². The maximum absolute atomic E-state index is 10.4. The molecule has 0 saturated heterocycles. The van der Waals surface area contributed by atoms with Crippen molar-refractivity contribution in [2.24, 2.45) is 0 Å². The van der Waals surface area contributed by atoms with E-state index in [9.17, 15) is 15.3 Å². The van der Waals surface area contributed by atoms with Crippen LogP contribution in [0.25, 0.3) is 11.2 Å². The molecule has 2 heterocycles. The number of aliphatic hydroxyl groups excluding tert-OH is 3. The number of aromatic nitrogens is 5. The Labute approximate surface area is 183 Å². The molecule has 0 spiro atoms. The predicted octanol–water partition coefficient (Wildman–Crippen LogP) is 1.72. The SMILES string of the molecule is CC(C)Sc1nc(NC2CC2c2ccccc2)c2nnn([C@H]3C[C@@H](O)[C@H](O)[C@@H]3O)c2n1. The van der Waals surface area contributed by atoms with E-state index in [2.05, 4.69) is 46.6 Å². The lowest BCUT2D eigenvalue weighted by Crippen LogP contribution is -2.31. The van der Waals surface area contributed by atoms with Gasteiger partial charge in [-0.25, -0.2) is 14.6 Å². The van der Waals surface area contributed by atoms with Crippen molar-refractivity contribution in [2.45, 2.75) is 73.4 Å². The van der Waals surface area contributed by atoms with Gasteiger partial charge in [-0.2, -0.15) is 0 Å². The zero-order valence-corrected chi connectivity index (χ0v) is 18.1. The van der Waals surface area contributed by atoms with Gasteiger partial charge in [-0.1, -0.05) is 61.2 Å². The molecule has 2 unspecified atom stereocenters. The Hall–Kier alpha value is -2.27. The number of thioether (sulfide) groups is 1. The summed E-state index contributed by atoms with van der Waals surface area (Å²) in [6, 6.07) is 10.0. The Morgan fingerprint density at radius 1 is 1.06 bits per heavy atom. The molecule has 0 radical (unpaired) electrons. The van der Waals surface area contributed by atoms with E-state index in [4.69, 9.17) is 4.98 Å². The Morgan fingerprint density at radius 3 is 2.52 bits per heavy atom. The van der Waals surface area contributed by atoms with E-state index in [0.717, 1.165) is 6.42 Å². The molecular formula is C21H26N6O3S. The summed E-state index contributed by atoms with van der Waals surface area (Å²) in [6.07, 6.45) is -2.18. The number of fused-ring (bicyclic) bond motifs is 1. The number of benzene rings is 1. The van der Waals surface area contributed by atoms with Crippen LogP contribution in [0.1, 0.15) is 44.2 Å². The summed E-state index contributed by atoms with van der Waals surface area (Å²) in [5, 5.41) is 43.3. The van der Waals surface area contributed by atoms with Crippen LogP contribution in [0.2, 0.25) is 0 Å². The molecular weight excluding hydrogens is 416 g/mol. The summed E-state index contributed by atoms with van der Waals surface area (Å²) in [4.78, 5) is 9.35. The number of hydrogen-bond donors (Lipinski definition) is 4. The Bertz CT molecular complexity index is 1080. The molecule has 31 heavy (non-hydrogen) atoms. The van der Waals surface area contributed by atoms with Crippen molar-refractivity contribution >= 4 is 28.7 Å². The van der Waals surface area contributed by atoms with Crippen molar-refractivity contribution in [2.75, 3.05) is 5.32 Å². The van der Waals surface area contributed by atoms with Gasteiger partial charge in [0.25, 0.3) is 0 Å². The molecule has 1 aromatic carbocycles. The van der Waals surface area contributed by atoms with Gasteiger partial charge in [0.05, 0.1) is 12.1 Å². The summed E-state index contributed by atoms with van der Waals surface area (Å²) >= 11 is 1.54. The van der Waals surface area contributed by atoms with Gasteiger partial charge in [-0.15, -0.1) is 5.10 Å². The van der Waals surface area contributed by atoms with Crippen molar-refractivity contribution in [3.63, 3.8) is 0 Å². The molecule has 5 rings (SSSR count). The Balaban J connectivity index is 1.48. The number of hydrogen-bond acceptors (Lipinski definition) is 9. The third-order valence-corrected chi connectivity index (χ3v) is 6.78. The molecule has 2 fully saturated rings. The highest BCUT2D eigenvalue weighted by molar-refractivity contribution is 7.99. The Morgan fingerprint density at radius 2 is 1.84 bits per heavy atom. The smallest absolute Gasteiger partial charge is 0.191 e. The fourth-order valence-electron chi connectivity index (χ4n) is 4.22. The minimum Gasteiger partial charge on any atom is -0.390 e. The summed E-state index contributed by atoms with van der Waals surface area (Å²) in [7, 11) is 0. The molecule has 10 heteroatoms. The third-order valence-electron chi connectivity index (χ3n) is 5.92. The van der Waals surface area contributed by atoms with Crippen LogP contribution >= 0.6 is 11.8 Å². The Kier molecular flexibility index (Phi) is 5.33. The lowest BCUT2D eigenvalue weighted by molar-refractivity contribution is -0.0253. The van der Waals surface area contributed by atoms with Crippen LogP contribution < -0.4 is 5.32 Å². The summed E-state index contributed by atoms with van der Waals surface area (Å²) in [5.41, 5.74) is 2.31. The van der Waals surface area contributed by atoms with E-state index in [0.29, 0.717) is 28.1 Å². The highest BCUT2D eigenvalue weighted by Gasteiger charge is 2.43. The summed E-state index contributed by atoms with van der Waals surface area (Å²) < 4.78 is 1.51. The second-order valence-corrected chi connectivity index (χ2v) is 10.1. The number of nitrogens with zero attached hydrogens (tertiary/aromatic N) is 5. The minimum absolute atomic E-state index is 0.179. The van der Waals surface area contributed by atoms with Crippen LogP contribution in [0.3, 0.4) is 0 Å². The van der Waals surface area contributed by atoms with Gasteiger partial charge in [-0.05, 0) is 12.0 Å². The second-order valence-electron chi connectivity index (χ2n) is 8.58. The molecule has 2 aliphatic rings. The molecule has 2 aliphatic carbocycles. The van der Waals surface area contributed by atoms with Gasteiger partial charge in [0.2, 0.25) is 0 Å². The number of rotatable bonds is 6. The molecule has 164 valence electrons. The molecule has 2 saturated carbocycles. The molecule has 0 bridgehead atoms. The zero-order valence-electron chi connectivity index (χ0n) is 17.3. The van der Waals surface area contributed by atoms with Crippen LogP contribution in [0.4, 0.5) is 5.82 Å². The first-order chi connectivity index (χ1) is 14.9. The van der Waals surface area contributed by atoms with E-state index in [-0.39, 0.29) is 17.7 Å². The van der Waals surface area contributed by atoms with Crippen molar-refractivity contribution < 1.29 is 15.3 Å². The topological polar surface area (TPSA) is 129 Å². The zero-order chi connectivity index (χ0) is 21.7. The largest absolute Gasteiger partial charge is 0.390 e. The van der Waals surface area contributed by atoms with Gasteiger partial charge < -0.3 is 20.6 Å². The summed E-state index contributed by atoms with van der Waals surface area (Å²) in [6.45, 7) is 4.14. The van der Waals surface area contributed by atoms with E-state index < -0.39 is 24.4 Å². The minimum atomic E-state index is -1.22. The lowest BCUT2D eigenvalue weighted by atomic mass is 10.1. The fraction of sp³-hybridized carbons (Fsp3) is 0.524. The molecule has 4 N–H and O–H groups in total. The van der Waals surface area contributed by atoms with Crippen LogP contribution in [-0.2, 0) is 0 Å². The number of aliphatic hydroxyl groups is 3. The molecule has 0 amide bonds. The molecule has 9 nitrogen and oxygen atoms in total. The first-order valence-corrected chi connectivity index (χ1v) is 11.5. The van der Waals surface area contributed by atoms with E-state index in [1.54, 1.807) is 0 Å². The van der Waals surface area contributed by atoms with Gasteiger partial charge >= 0.3 is 0 Å². The predicted molar refractivity (Wildman–Crippen MR) is 117 cm³/mol. The number of anilines is 1. The highest BCUT2D eigenvalue weighted by atomic mass is 32.2. The van der Waals surface area contributed by atoms with E-state index >= 15 is 0 Å². The fourth-order valence-corrected chi connectivity index (χ4v) is 4.93. The van der Waals surface area contributed by atoms with Crippen LogP contribution in [0, 0.1) is 0 Å².